The van der Waals surface area contributed by atoms with Gasteiger partial charge < -0.3 is 4.52 Å². The molecule has 9 heteroatoms. The Morgan fingerprint density at radius 3 is 2.54 bits per heavy atom. The van der Waals surface area contributed by atoms with Crippen molar-refractivity contribution in [3.8, 4) is 5.75 Å². The van der Waals surface area contributed by atoms with E-state index >= 15 is 0 Å². The van der Waals surface area contributed by atoms with E-state index in [9.17, 15) is 13.0 Å². The van der Waals surface area contributed by atoms with Gasteiger partial charge in [-0.1, -0.05) is 26.3 Å². The summed E-state index contributed by atoms with van der Waals surface area (Å²) in [5.74, 6) is 0.797. The Labute approximate surface area is 148 Å². The molecule has 1 atom stereocenters. The third-order valence-electron chi connectivity index (χ3n) is 2.79. The number of hydrogen-bond acceptors (Lipinski definition) is 7. The van der Waals surface area contributed by atoms with E-state index in [4.69, 9.17) is 13.2 Å². The summed E-state index contributed by atoms with van der Waals surface area (Å²) < 4.78 is 52.6. The van der Waals surface area contributed by atoms with Gasteiger partial charge in [0, 0.05) is 11.8 Å². The Hall–Kier alpha value is -0.530. The summed E-state index contributed by atoms with van der Waals surface area (Å²) in [4.78, 5) is -0.0281. The first kappa shape index (κ1) is 21.5. The van der Waals surface area contributed by atoms with E-state index in [-0.39, 0.29) is 23.9 Å². The standard InChI is InChI=1S/C15H25O6PS2/c1-4-7-11-20-24(17,18)15-10-8-9-14(13-15)21-22(16,19-6-3)23-12-5-2/h8-10,13H,4-7,11-12H2,1-3H3. The van der Waals surface area contributed by atoms with Gasteiger partial charge in [0.25, 0.3) is 10.1 Å². The van der Waals surface area contributed by atoms with E-state index in [1.54, 1.807) is 13.0 Å². The van der Waals surface area contributed by atoms with Gasteiger partial charge in [-0.05, 0) is 43.3 Å². The molecule has 1 aromatic rings. The summed E-state index contributed by atoms with van der Waals surface area (Å²) >= 11 is 1.10. The lowest BCUT2D eigenvalue weighted by Crippen LogP contribution is -2.07. The van der Waals surface area contributed by atoms with Crippen molar-refractivity contribution in [1.82, 2.24) is 0 Å². The highest BCUT2D eigenvalue weighted by Gasteiger charge is 2.27. The molecule has 0 radical (unpaired) electrons. The lowest BCUT2D eigenvalue weighted by atomic mass is 10.3. The maximum Gasteiger partial charge on any atom is 0.440 e. The number of hydrogen-bond donors (Lipinski definition) is 0. The topological polar surface area (TPSA) is 78.9 Å². The second-order valence-corrected chi connectivity index (χ2v) is 10.6. The van der Waals surface area contributed by atoms with E-state index < -0.39 is 16.9 Å². The summed E-state index contributed by atoms with van der Waals surface area (Å²) in [6.45, 7) is 2.64. The average Bonchev–Trinajstić information content (AvgIpc) is 2.53. The summed E-state index contributed by atoms with van der Waals surface area (Å²) in [5, 5.41) is 0. The zero-order valence-corrected chi connectivity index (χ0v) is 16.8. The molecule has 0 heterocycles. The van der Waals surface area contributed by atoms with Crippen LogP contribution in [-0.2, 0) is 23.4 Å². The predicted octanol–water partition coefficient (Wildman–Crippen LogP) is 4.86. The highest BCUT2D eigenvalue weighted by atomic mass is 32.7. The Morgan fingerprint density at radius 1 is 1.17 bits per heavy atom. The first-order valence-corrected chi connectivity index (χ1v) is 12.5. The first-order chi connectivity index (χ1) is 11.4. The van der Waals surface area contributed by atoms with Crippen molar-refractivity contribution in [3.63, 3.8) is 0 Å². The Morgan fingerprint density at radius 2 is 1.92 bits per heavy atom. The zero-order valence-electron chi connectivity index (χ0n) is 14.3. The van der Waals surface area contributed by atoms with Crippen LogP contribution in [0.1, 0.15) is 40.0 Å². The molecule has 1 aromatic carbocycles. The predicted molar refractivity (Wildman–Crippen MR) is 97.1 cm³/mol. The lowest BCUT2D eigenvalue weighted by Gasteiger charge is -2.17. The van der Waals surface area contributed by atoms with Crippen LogP contribution in [0.15, 0.2) is 29.2 Å². The van der Waals surface area contributed by atoms with E-state index in [1.807, 2.05) is 13.8 Å². The molecule has 0 saturated carbocycles. The van der Waals surface area contributed by atoms with Crippen molar-refractivity contribution < 1.29 is 26.2 Å². The molecule has 0 fully saturated rings. The minimum Gasteiger partial charge on any atom is -0.417 e. The van der Waals surface area contributed by atoms with E-state index in [2.05, 4.69) is 0 Å². The van der Waals surface area contributed by atoms with Gasteiger partial charge >= 0.3 is 6.80 Å². The van der Waals surface area contributed by atoms with E-state index in [1.165, 1.54) is 18.2 Å². The highest BCUT2D eigenvalue weighted by Crippen LogP contribution is 2.60. The molecule has 0 bridgehead atoms. The van der Waals surface area contributed by atoms with Crippen molar-refractivity contribution in [3.05, 3.63) is 24.3 Å². The Bertz CT molecular complexity index is 647. The first-order valence-electron chi connectivity index (χ1n) is 7.95. The Kier molecular flexibility index (Phi) is 9.37. The molecular formula is C15H25O6PS2. The second kappa shape index (κ2) is 10.5. The fraction of sp³-hybridized carbons (Fsp3) is 0.600. The fourth-order valence-corrected chi connectivity index (χ4v) is 6.08. The van der Waals surface area contributed by atoms with Crippen LogP contribution in [0.3, 0.4) is 0 Å². The van der Waals surface area contributed by atoms with Gasteiger partial charge in [-0.2, -0.15) is 8.42 Å². The van der Waals surface area contributed by atoms with Crippen LogP contribution in [0.2, 0.25) is 0 Å². The minimum absolute atomic E-state index is 0.0281. The molecule has 0 aliphatic heterocycles. The van der Waals surface area contributed by atoms with Gasteiger partial charge in [0.1, 0.15) is 5.75 Å². The van der Waals surface area contributed by atoms with Crippen LogP contribution in [0, 0.1) is 0 Å². The average molecular weight is 396 g/mol. The van der Waals surface area contributed by atoms with Crippen LogP contribution in [0.25, 0.3) is 0 Å². The second-order valence-electron chi connectivity index (χ2n) is 4.89. The maximum absolute atomic E-state index is 12.7. The number of unbranched alkanes of at least 4 members (excludes halogenated alkanes) is 1. The van der Waals surface area contributed by atoms with Gasteiger partial charge in [-0.25, -0.2) is 4.57 Å². The van der Waals surface area contributed by atoms with E-state index in [0.29, 0.717) is 12.2 Å². The SMILES string of the molecule is CCCCOS(=O)(=O)c1cccc(OP(=O)(OCC)SCCC)c1. The summed E-state index contributed by atoms with van der Waals surface area (Å²) in [7, 11) is -3.86. The van der Waals surface area contributed by atoms with Crippen LogP contribution in [0.5, 0.6) is 5.75 Å². The molecular weight excluding hydrogens is 371 g/mol. The van der Waals surface area contributed by atoms with Crippen LogP contribution >= 0.6 is 18.2 Å². The number of benzene rings is 1. The molecule has 1 unspecified atom stereocenters. The zero-order chi connectivity index (χ0) is 18.1. The van der Waals surface area contributed by atoms with Crippen molar-refractivity contribution in [2.45, 2.75) is 44.9 Å². The van der Waals surface area contributed by atoms with Crippen LogP contribution in [-0.4, -0.2) is 27.4 Å². The monoisotopic (exact) mass is 396 g/mol. The summed E-state index contributed by atoms with van der Waals surface area (Å²) in [6, 6.07) is 5.79. The van der Waals surface area contributed by atoms with Crippen molar-refractivity contribution in [2.75, 3.05) is 19.0 Å². The maximum atomic E-state index is 12.7. The third-order valence-corrected chi connectivity index (χ3v) is 8.05. The van der Waals surface area contributed by atoms with Crippen LogP contribution in [0.4, 0.5) is 0 Å². The van der Waals surface area contributed by atoms with Gasteiger partial charge in [-0.3, -0.25) is 8.71 Å². The lowest BCUT2D eigenvalue weighted by molar-refractivity contribution is 0.295. The smallest absolute Gasteiger partial charge is 0.417 e. The third kappa shape index (κ3) is 7.15. The summed E-state index contributed by atoms with van der Waals surface area (Å²) in [5.41, 5.74) is 0. The Balaban J connectivity index is 2.92. The van der Waals surface area contributed by atoms with Gasteiger partial charge in [-0.15, -0.1) is 0 Å². The van der Waals surface area contributed by atoms with Gasteiger partial charge in [0.2, 0.25) is 0 Å². The van der Waals surface area contributed by atoms with Crippen molar-refractivity contribution >= 4 is 28.3 Å². The molecule has 0 N–H and O–H groups in total. The highest BCUT2D eigenvalue weighted by molar-refractivity contribution is 8.55. The molecule has 138 valence electrons. The fourth-order valence-electron chi connectivity index (χ4n) is 1.65. The quantitative estimate of drug-likeness (QED) is 0.284. The van der Waals surface area contributed by atoms with Gasteiger partial charge in [0.15, 0.2) is 0 Å². The van der Waals surface area contributed by atoms with Crippen LogP contribution < -0.4 is 4.52 Å². The molecule has 0 saturated heterocycles. The largest absolute Gasteiger partial charge is 0.440 e. The molecule has 24 heavy (non-hydrogen) atoms. The van der Waals surface area contributed by atoms with Gasteiger partial charge in [0.05, 0.1) is 18.1 Å². The van der Waals surface area contributed by atoms with E-state index in [0.717, 1.165) is 24.2 Å². The molecule has 0 amide bonds. The number of rotatable bonds is 12. The van der Waals surface area contributed by atoms with Crippen molar-refractivity contribution in [1.29, 1.82) is 0 Å². The molecule has 0 aliphatic carbocycles. The molecule has 1 rings (SSSR count). The minimum atomic E-state index is -3.86. The normalized spacial score (nSPS) is 14.3. The summed E-state index contributed by atoms with van der Waals surface area (Å²) in [6.07, 6.45) is 2.32. The molecule has 6 nitrogen and oxygen atoms in total. The van der Waals surface area contributed by atoms with Crippen molar-refractivity contribution in [2.24, 2.45) is 0 Å². The molecule has 0 spiro atoms. The molecule has 0 aliphatic rings. The molecule has 0 aromatic heterocycles.